The van der Waals surface area contributed by atoms with Gasteiger partial charge in [0.1, 0.15) is 4.38 Å². The monoisotopic (exact) mass is 510 g/mol. The van der Waals surface area contributed by atoms with Gasteiger partial charge in [0.15, 0.2) is 0 Å². The maximum absolute atomic E-state index is 6.94. The summed E-state index contributed by atoms with van der Waals surface area (Å²) < 4.78 is 8.14. The first-order chi connectivity index (χ1) is 16.8. The zero-order chi connectivity index (χ0) is 23.7. The van der Waals surface area contributed by atoms with Crippen LogP contribution in [0.5, 0.6) is 0 Å². The van der Waals surface area contributed by atoms with Crippen molar-refractivity contribution in [2.45, 2.75) is 190 Å². The van der Waals surface area contributed by atoms with Crippen LogP contribution in [-0.4, -0.2) is 21.0 Å². The molecule has 0 unspecified atom stereocenters. The molecule has 0 N–H and O–H groups in total. The van der Waals surface area contributed by atoms with Gasteiger partial charge in [-0.05, 0) is 38.5 Å². The first-order valence-electron chi connectivity index (χ1n) is 15.8. The molecule has 0 bridgehead atoms. The Hall–Kier alpha value is 0.530. The highest BCUT2D eigenvalue weighted by Crippen LogP contribution is 2.42. The maximum Gasteiger partial charge on any atom is 0.131 e. The zero-order valence-corrected chi connectivity index (χ0v) is 24.3. The fourth-order valence-corrected chi connectivity index (χ4v) is 10.8. The minimum absolute atomic E-state index is 0.233. The van der Waals surface area contributed by atoms with E-state index < -0.39 is 0 Å². The Morgan fingerprint density at radius 1 is 0.412 bits per heavy atom. The summed E-state index contributed by atoms with van der Waals surface area (Å²) in [6, 6.07) is 0. The minimum atomic E-state index is 0.233. The molecule has 0 radical (unpaired) electrons. The van der Waals surface area contributed by atoms with Gasteiger partial charge in [-0.3, -0.25) is 0 Å². The molecule has 0 heterocycles. The highest BCUT2D eigenvalue weighted by molar-refractivity contribution is 8.28. The van der Waals surface area contributed by atoms with Gasteiger partial charge >= 0.3 is 0 Å². The highest BCUT2D eigenvalue weighted by Gasteiger charge is 2.26. The van der Waals surface area contributed by atoms with E-state index >= 15 is 0 Å². The Morgan fingerprint density at radius 2 is 0.676 bits per heavy atom. The highest BCUT2D eigenvalue weighted by atomic mass is 32.2. The van der Waals surface area contributed by atoms with E-state index in [4.69, 9.17) is 17.4 Å². The zero-order valence-electron chi connectivity index (χ0n) is 22.6. The summed E-state index contributed by atoms with van der Waals surface area (Å²) in [5, 5.41) is 1.66. The third-order valence-electron chi connectivity index (χ3n) is 8.84. The van der Waals surface area contributed by atoms with Crippen molar-refractivity contribution in [1.82, 2.24) is 0 Å². The third kappa shape index (κ3) is 11.7. The lowest BCUT2D eigenvalue weighted by Crippen LogP contribution is -2.23. The van der Waals surface area contributed by atoms with Gasteiger partial charge in [-0.1, -0.05) is 135 Å². The van der Waals surface area contributed by atoms with Crippen LogP contribution in [0.25, 0.3) is 0 Å². The summed E-state index contributed by atoms with van der Waals surface area (Å²) in [6.07, 6.45) is 38.8. The van der Waals surface area contributed by atoms with Gasteiger partial charge in [-0.15, -0.1) is 23.1 Å². The van der Waals surface area contributed by atoms with Crippen LogP contribution >= 0.6 is 23.1 Å². The van der Waals surface area contributed by atoms with Crippen LogP contribution in [0.3, 0.4) is 0 Å². The molecule has 0 aromatic carbocycles. The molecule has 3 fully saturated rings. The van der Waals surface area contributed by atoms with E-state index in [1.165, 1.54) is 178 Å². The first kappa shape index (κ1) is 29.1. The molecule has 0 aromatic rings. The van der Waals surface area contributed by atoms with E-state index in [0.717, 1.165) is 10.5 Å². The number of rotatable bonds is 3. The molecule has 34 heavy (non-hydrogen) atoms. The molecular formula is C31H58OS2. The molecule has 0 saturated heterocycles. The molecule has 3 aliphatic carbocycles. The molecule has 0 atom stereocenters. The van der Waals surface area contributed by atoms with Gasteiger partial charge in [0, 0.05) is 10.5 Å². The lowest BCUT2D eigenvalue weighted by molar-refractivity contribution is 0.168. The average molecular weight is 511 g/mol. The van der Waals surface area contributed by atoms with Crippen molar-refractivity contribution >= 4 is 27.5 Å². The minimum Gasteiger partial charge on any atom is -0.331 e. The van der Waals surface area contributed by atoms with Crippen LogP contribution in [0.4, 0.5) is 0 Å². The van der Waals surface area contributed by atoms with Crippen molar-refractivity contribution in [3.8, 4) is 0 Å². The van der Waals surface area contributed by atoms with Gasteiger partial charge in [0.25, 0.3) is 0 Å². The summed E-state index contributed by atoms with van der Waals surface area (Å²) in [4.78, 5) is 0. The van der Waals surface area contributed by atoms with Crippen molar-refractivity contribution in [3.63, 3.8) is 0 Å². The fourth-order valence-electron chi connectivity index (χ4n) is 6.70. The predicted molar refractivity (Wildman–Crippen MR) is 159 cm³/mol. The lowest BCUT2D eigenvalue weighted by atomic mass is 9.99. The van der Waals surface area contributed by atoms with Crippen molar-refractivity contribution in [2.75, 3.05) is 0 Å². The Bertz CT molecular complexity index is 488. The molecule has 3 heteroatoms. The van der Waals surface area contributed by atoms with Crippen LogP contribution in [-0.2, 0) is 4.74 Å². The summed E-state index contributed by atoms with van der Waals surface area (Å²) in [7, 11) is 0.233. The number of ether oxygens (including phenoxy) is 1. The SMILES string of the molecule is SC(OC1CCCCCCCCC1)=S(C1CCCCCCCCC1)C1CCCCCCCCC1. The quantitative estimate of drug-likeness (QED) is 0.293. The Labute approximate surface area is 221 Å². The number of hydrogen-bond acceptors (Lipinski definition) is 1. The molecule has 1 nitrogen and oxygen atoms in total. The third-order valence-corrected chi connectivity index (χ3v) is 12.5. The topological polar surface area (TPSA) is 9.23 Å². The Kier molecular flexibility index (Phi) is 16.0. The second-order valence-corrected chi connectivity index (χ2v) is 14.9. The normalized spacial score (nSPS) is 25.6. The van der Waals surface area contributed by atoms with Gasteiger partial charge in [0.05, 0.1) is 6.10 Å². The van der Waals surface area contributed by atoms with Crippen molar-refractivity contribution in [3.05, 3.63) is 0 Å². The van der Waals surface area contributed by atoms with Gasteiger partial charge in [0.2, 0.25) is 0 Å². The molecule has 3 rings (SSSR count). The van der Waals surface area contributed by atoms with Gasteiger partial charge < -0.3 is 4.74 Å². The average Bonchev–Trinajstić information content (AvgIpc) is 2.86. The lowest BCUT2D eigenvalue weighted by Gasteiger charge is -2.33. The van der Waals surface area contributed by atoms with Crippen molar-refractivity contribution < 1.29 is 4.74 Å². The standard InChI is InChI=1S/C31H58OS2/c33-31(32-28-22-16-10-4-1-5-11-17-23-28)34(29-24-18-12-6-2-7-13-19-25-29)30-26-20-14-8-3-9-15-21-27-30/h28-30,33H,1-27H2. The molecule has 0 amide bonds. The first-order valence-corrected chi connectivity index (χ1v) is 17.6. The van der Waals surface area contributed by atoms with E-state index in [1.54, 1.807) is 0 Å². The Balaban J connectivity index is 1.78. The van der Waals surface area contributed by atoms with Crippen molar-refractivity contribution in [2.24, 2.45) is 0 Å². The smallest absolute Gasteiger partial charge is 0.131 e. The number of thiol groups is 1. The van der Waals surface area contributed by atoms with E-state index in [2.05, 4.69) is 0 Å². The molecular weight excluding hydrogens is 452 g/mol. The van der Waals surface area contributed by atoms with E-state index in [1.807, 2.05) is 0 Å². The molecule has 3 aliphatic rings. The number of hydrogen-bond donors (Lipinski definition) is 1. The Morgan fingerprint density at radius 3 is 1.00 bits per heavy atom. The maximum atomic E-state index is 6.94. The summed E-state index contributed by atoms with van der Waals surface area (Å²) >= 11 is 5.29. The van der Waals surface area contributed by atoms with Crippen molar-refractivity contribution in [1.29, 1.82) is 0 Å². The summed E-state index contributed by atoms with van der Waals surface area (Å²) in [5.74, 6) is 0. The largest absolute Gasteiger partial charge is 0.331 e. The van der Waals surface area contributed by atoms with Gasteiger partial charge in [-0.2, -0.15) is 0 Å². The van der Waals surface area contributed by atoms with E-state index in [9.17, 15) is 0 Å². The van der Waals surface area contributed by atoms with Crippen LogP contribution in [0, 0.1) is 0 Å². The predicted octanol–water partition coefficient (Wildman–Crippen LogP) is 11.0. The van der Waals surface area contributed by atoms with Crippen LogP contribution in [0.2, 0.25) is 0 Å². The fraction of sp³-hybridized carbons (Fsp3) is 0.968. The van der Waals surface area contributed by atoms with Crippen LogP contribution in [0.1, 0.15) is 173 Å². The summed E-state index contributed by atoms with van der Waals surface area (Å²) in [5.41, 5.74) is 0. The summed E-state index contributed by atoms with van der Waals surface area (Å²) in [6.45, 7) is 0. The second kappa shape index (κ2) is 18.7. The van der Waals surface area contributed by atoms with Crippen LogP contribution in [0.15, 0.2) is 0 Å². The molecule has 0 aromatic heterocycles. The van der Waals surface area contributed by atoms with Crippen LogP contribution < -0.4 is 0 Å². The molecule has 200 valence electrons. The second-order valence-electron chi connectivity index (χ2n) is 11.8. The molecule has 0 aliphatic heterocycles. The van der Waals surface area contributed by atoms with E-state index in [-0.39, 0.29) is 10.5 Å². The van der Waals surface area contributed by atoms with Gasteiger partial charge in [-0.25, -0.2) is 0 Å². The van der Waals surface area contributed by atoms with E-state index in [0.29, 0.717) is 6.10 Å². The molecule has 0 spiro atoms. The molecule has 3 saturated carbocycles.